The highest BCUT2D eigenvalue weighted by atomic mass is 16.1. The van der Waals surface area contributed by atoms with Crippen molar-refractivity contribution in [1.82, 2.24) is 24.6 Å². The van der Waals surface area contributed by atoms with E-state index in [0.29, 0.717) is 22.5 Å². The van der Waals surface area contributed by atoms with Crippen LogP contribution in [-0.2, 0) is 0 Å². The number of nitrogens with one attached hydrogen (secondary N) is 1. The molecule has 1 aromatic carbocycles. The van der Waals surface area contributed by atoms with Gasteiger partial charge in [0.15, 0.2) is 5.43 Å². The van der Waals surface area contributed by atoms with Gasteiger partial charge in [-0.25, -0.2) is 4.98 Å². The van der Waals surface area contributed by atoms with Crippen LogP contribution in [0.2, 0.25) is 0 Å². The normalized spacial score (nSPS) is 16.3. The zero-order valence-electron chi connectivity index (χ0n) is 16.8. The smallest absolute Gasteiger partial charge is 0.181 e. The highest BCUT2D eigenvalue weighted by Gasteiger charge is 2.24. The van der Waals surface area contributed by atoms with Gasteiger partial charge in [-0.3, -0.25) is 9.48 Å². The summed E-state index contributed by atoms with van der Waals surface area (Å²) in [7, 11) is 0. The van der Waals surface area contributed by atoms with E-state index in [1.165, 1.54) is 18.3 Å². The molecule has 0 radical (unpaired) electrons. The maximum absolute atomic E-state index is 11.4. The lowest BCUT2D eigenvalue weighted by molar-refractivity contribution is 0.355. The average Bonchev–Trinajstić information content (AvgIpc) is 3.22. The molecule has 4 heterocycles. The van der Waals surface area contributed by atoms with Crippen LogP contribution < -0.4 is 16.5 Å². The highest BCUT2D eigenvalue weighted by Crippen LogP contribution is 2.35. The minimum absolute atomic E-state index is 0.0293. The van der Waals surface area contributed by atoms with Gasteiger partial charge in [0.1, 0.15) is 17.6 Å². The van der Waals surface area contributed by atoms with Gasteiger partial charge in [-0.15, -0.1) is 0 Å². The number of aromatic nitrogens is 4. The molecule has 31 heavy (non-hydrogen) atoms. The van der Waals surface area contributed by atoms with Crippen LogP contribution in [0.15, 0.2) is 59.8 Å². The van der Waals surface area contributed by atoms with Crippen molar-refractivity contribution in [2.75, 3.05) is 18.8 Å². The van der Waals surface area contributed by atoms with Crippen LogP contribution in [0.1, 0.15) is 24.4 Å². The molecule has 5 rings (SSSR count). The van der Waals surface area contributed by atoms with Gasteiger partial charge in [0, 0.05) is 48.5 Å². The van der Waals surface area contributed by atoms with Crippen LogP contribution in [-0.4, -0.2) is 32.4 Å². The van der Waals surface area contributed by atoms with Crippen molar-refractivity contribution in [3.05, 3.63) is 70.8 Å². The molecule has 4 aromatic rings. The van der Waals surface area contributed by atoms with E-state index in [1.807, 2.05) is 33.5 Å². The zero-order chi connectivity index (χ0) is 21.4. The maximum atomic E-state index is 11.4. The number of pyridine rings is 2. The van der Waals surface area contributed by atoms with Gasteiger partial charge < -0.3 is 15.6 Å². The molecule has 3 aromatic heterocycles. The number of nitriles is 1. The predicted octanol–water partition coefficient (Wildman–Crippen LogP) is 2.63. The van der Waals surface area contributed by atoms with Crippen molar-refractivity contribution < 1.29 is 0 Å². The van der Waals surface area contributed by atoms with Gasteiger partial charge in [0.05, 0.1) is 22.5 Å². The lowest BCUT2D eigenvalue weighted by Crippen LogP contribution is -2.32. The molecular formula is C23H21N7O. The summed E-state index contributed by atoms with van der Waals surface area (Å²) < 4.78 is 3.82. The quantitative estimate of drug-likeness (QED) is 0.536. The Morgan fingerprint density at radius 2 is 1.94 bits per heavy atom. The summed E-state index contributed by atoms with van der Waals surface area (Å²) in [5.41, 5.74) is 9.98. The molecule has 0 aliphatic carbocycles. The van der Waals surface area contributed by atoms with Gasteiger partial charge in [0.2, 0.25) is 0 Å². The summed E-state index contributed by atoms with van der Waals surface area (Å²) in [6.45, 7) is 1.79. The largest absolute Gasteiger partial charge is 0.383 e. The second-order valence-corrected chi connectivity index (χ2v) is 7.67. The van der Waals surface area contributed by atoms with Crippen molar-refractivity contribution in [3.63, 3.8) is 0 Å². The average molecular weight is 411 g/mol. The van der Waals surface area contributed by atoms with E-state index in [9.17, 15) is 10.1 Å². The molecule has 1 fully saturated rings. The zero-order valence-corrected chi connectivity index (χ0v) is 16.8. The third-order valence-corrected chi connectivity index (χ3v) is 5.73. The van der Waals surface area contributed by atoms with Crippen LogP contribution in [0.5, 0.6) is 0 Å². The Morgan fingerprint density at radius 3 is 2.61 bits per heavy atom. The lowest BCUT2D eigenvalue weighted by Gasteiger charge is -2.24. The molecule has 154 valence electrons. The third-order valence-electron chi connectivity index (χ3n) is 5.73. The summed E-state index contributed by atoms with van der Waals surface area (Å²) in [5.74, 6) is 0.364. The molecule has 0 spiro atoms. The van der Waals surface area contributed by atoms with Crippen LogP contribution in [0.25, 0.3) is 27.8 Å². The fourth-order valence-electron chi connectivity index (χ4n) is 4.16. The predicted molar refractivity (Wildman–Crippen MR) is 119 cm³/mol. The fraction of sp³-hybridized carbons (Fsp3) is 0.217. The number of nitrogens with zero attached hydrogens (tertiary/aromatic N) is 5. The Morgan fingerprint density at radius 1 is 1.16 bits per heavy atom. The molecule has 1 aliphatic rings. The van der Waals surface area contributed by atoms with Gasteiger partial charge in [0.25, 0.3) is 0 Å². The van der Waals surface area contributed by atoms with E-state index < -0.39 is 0 Å². The molecule has 8 heteroatoms. The topological polar surface area (TPSA) is 115 Å². The first kappa shape index (κ1) is 19.0. The molecule has 1 atom stereocenters. The third kappa shape index (κ3) is 3.35. The van der Waals surface area contributed by atoms with Crippen LogP contribution in [0.4, 0.5) is 5.82 Å². The van der Waals surface area contributed by atoms with E-state index >= 15 is 0 Å². The molecule has 0 bridgehead atoms. The van der Waals surface area contributed by atoms with E-state index in [2.05, 4.69) is 16.4 Å². The van der Waals surface area contributed by atoms with Crippen LogP contribution in [0, 0.1) is 11.3 Å². The molecule has 0 saturated carbocycles. The summed E-state index contributed by atoms with van der Waals surface area (Å²) in [4.78, 5) is 15.6. The standard InChI is InChI=1S/C23H21N7O/c24-12-16-13-27-23(25)20-21(28-30(22(16)20)18-2-1-9-26-14-18)15-3-5-17(6-4-15)29-10-7-19(31)8-11-29/h3-8,10-11,13,18,26H,1-2,9,14H2,(H2,25,27)/t18-/m1/s1. The first-order valence-electron chi connectivity index (χ1n) is 10.2. The molecule has 0 amide bonds. The summed E-state index contributed by atoms with van der Waals surface area (Å²) in [6.07, 6.45) is 7.03. The first-order valence-corrected chi connectivity index (χ1v) is 10.2. The Labute approximate surface area is 178 Å². The number of benzene rings is 1. The van der Waals surface area contributed by atoms with Crippen molar-refractivity contribution in [2.24, 2.45) is 0 Å². The maximum Gasteiger partial charge on any atom is 0.181 e. The number of piperidine rings is 1. The van der Waals surface area contributed by atoms with Gasteiger partial charge in [-0.05, 0) is 31.5 Å². The second-order valence-electron chi connectivity index (χ2n) is 7.67. The minimum Gasteiger partial charge on any atom is -0.383 e. The van der Waals surface area contributed by atoms with E-state index in [0.717, 1.165) is 42.7 Å². The lowest BCUT2D eigenvalue weighted by atomic mass is 10.1. The molecule has 1 saturated heterocycles. The van der Waals surface area contributed by atoms with E-state index in [1.54, 1.807) is 12.4 Å². The Kier molecular flexibility index (Phi) is 4.73. The van der Waals surface area contributed by atoms with Gasteiger partial charge in [-0.2, -0.15) is 10.4 Å². The SMILES string of the molecule is N#Cc1cnc(N)c2c(-c3ccc(-n4ccc(=O)cc4)cc3)nn([C@@H]3CCCNC3)c12. The van der Waals surface area contributed by atoms with Crippen LogP contribution >= 0.6 is 0 Å². The van der Waals surface area contributed by atoms with E-state index in [4.69, 9.17) is 10.8 Å². The van der Waals surface area contributed by atoms with Gasteiger partial charge >= 0.3 is 0 Å². The molecular weight excluding hydrogens is 390 g/mol. The minimum atomic E-state index is -0.0293. The number of rotatable bonds is 3. The van der Waals surface area contributed by atoms with Crippen molar-refractivity contribution in [1.29, 1.82) is 5.26 Å². The van der Waals surface area contributed by atoms with Crippen molar-refractivity contribution in [2.45, 2.75) is 18.9 Å². The molecule has 1 aliphatic heterocycles. The molecule has 3 N–H and O–H groups in total. The first-order chi connectivity index (χ1) is 15.2. The number of anilines is 1. The monoisotopic (exact) mass is 411 g/mol. The fourth-order valence-corrected chi connectivity index (χ4v) is 4.16. The Balaban J connectivity index is 1.65. The molecule has 8 nitrogen and oxygen atoms in total. The summed E-state index contributed by atoms with van der Waals surface area (Å²) in [6, 6.07) is 13.3. The number of hydrogen-bond donors (Lipinski definition) is 2. The van der Waals surface area contributed by atoms with Gasteiger partial charge in [-0.1, -0.05) is 12.1 Å². The Bertz CT molecular complexity index is 1340. The second kappa shape index (κ2) is 7.70. The summed E-state index contributed by atoms with van der Waals surface area (Å²) in [5, 5.41) is 18.7. The molecule has 0 unspecified atom stereocenters. The number of fused-ring (bicyclic) bond motifs is 1. The highest BCUT2D eigenvalue weighted by molar-refractivity contribution is 6.02. The van der Waals surface area contributed by atoms with Crippen molar-refractivity contribution in [3.8, 4) is 23.0 Å². The number of nitrogen functional groups attached to an aromatic ring is 1. The number of hydrogen-bond acceptors (Lipinski definition) is 6. The Hall–Kier alpha value is -3.96. The van der Waals surface area contributed by atoms with E-state index in [-0.39, 0.29) is 11.5 Å². The van der Waals surface area contributed by atoms with Crippen LogP contribution in [0.3, 0.4) is 0 Å². The number of nitrogens with two attached hydrogens (primary N) is 1. The summed E-state index contributed by atoms with van der Waals surface area (Å²) >= 11 is 0. The van der Waals surface area contributed by atoms with Crippen molar-refractivity contribution >= 4 is 16.7 Å².